The molecule has 0 heterocycles. The van der Waals surface area contributed by atoms with Crippen molar-refractivity contribution in [2.24, 2.45) is 11.3 Å². The Balaban J connectivity index is 1.52. The van der Waals surface area contributed by atoms with Crippen LogP contribution in [0.3, 0.4) is 0 Å². The molecular formula is C30H26O7. The molecule has 0 fully saturated rings. The van der Waals surface area contributed by atoms with Crippen LogP contribution in [0.4, 0.5) is 0 Å². The quantitative estimate of drug-likeness (QED) is 0.406. The summed E-state index contributed by atoms with van der Waals surface area (Å²) < 4.78 is 10.4. The molecule has 1 N–H and O–H groups in total. The van der Waals surface area contributed by atoms with E-state index >= 15 is 0 Å². The molecule has 0 aromatic heterocycles. The molecule has 188 valence electrons. The lowest BCUT2D eigenvalue weighted by atomic mass is 9.60. The van der Waals surface area contributed by atoms with E-state index in [-0.39, 0.29) is 12.2 Å². The second-order valence-electron chi connectivity index (χ2n) is 9.90. The summed E-state index contributed by atoms with van der Waals surface area (Å²) in [6.07, 6.45) is 1.75. The van der Waals surface area contributed by atoms with Crippen molar-refractivity contribution >= 4 is 39.9 Å². The van der Waals surface area contributed by atoms with Crippen molar-refractivity contribution in [2.75, 3.05) is 6.61 Å². The zero-order valence-electron chi connectivity index (χ0n) is 20.7. The van der Waals surface area contributed by atoms with Crippen molar-refractivity contribution in [3.63, 3.8) is 0 Å². The van der Waals surface area contributed by atoms with E-state index in [2.05, 4.69) is 0 Å². The summed E-state index contributed by atoms with van der Waals surface area (Å²) >= 11 is 0. The molecule has 0 bridgehead atoms. The summed E-state index contributed by atoms with van der Waals surface area (Å²) in [5, 5.41) is 13.1. The van der Waals surface area contributed by atoms with Crippen LogP contribution in [0.15, 0.2) is 66.7 Å². The van der Waals surface area contributed by atoms with Gasteiger partial charge in [0.2, 0.25) is 5.78 Å². The average molecular weight is 499 g/mol. The van der Waals surface area contributed by atoms with Crippen LogP contribution >= 0.6 is 0 Å². The van der Waals surface area contributed by atoms with Crippen LogP contribution < -0.4 is 4.74 Å². The number of aliphatic hydroxyl groups is 1. The third-order valence-corrected chi connectivity index (χ3v) is 7.64. The molecule has 3 aromatic carbocycles. The maximum absolute atomic E-state index is 13.6. The first-order valence-corrected chi connectivity index (χ1v) is 12.0. The van der Waals surface area contributed by atoms with Crippen molar-refractivity contribution in [1.82, 2.24) is 0 Å². The van der Waals surface area contributed by atoms with Crippen LogP contribution in [0.1, 0.15) is 53.5 Å². The molecule has 0 saturated carbocycles. The van der Waals surface area contributed by atoms with Gasteiger partial charge in [-0.25, -0.2) is 4.79 Å². The minimum atomic E-state index is -1.89. The van der Waals surface area contributed by atoms with Crippen LogP contribution in [0, 0.1) is 11.3 Å². The zero-order chi connectivity index (χ0) is 26.5. The van der Waals surface area contributed by atoms with E-state index < -0.39 is 41.3 Å². The molecule has 3 atom stereocenters. The Kier molecular flexibility index (Phi) is 5.83. The van der Waals surface area contributed by atoms with Crippen LogP contribution in [-0.2, 0) is 14.3 Å². The summed E-state index contributed by atoms with van der Waals surface area (Å²) in [5.74, 6) is -2.18. The third kappa shape index (κ3) is 3.78. The largest absolute Gasteiger partial charge is 0.458 e. The van der Waals surface area contributed by atoms with Gasteiger partial charge < -0.3 is 14.6 Å². The Labute approximate surface area is 213 Å². The van der Waals surface area contributed by atoms with Crippen molar-refractivity contribution in [3.05, 3.63) is 83.4 Å². The fourth-order valence-electron chi connectivity index (χ4n) is 5.76. The van der Waals surface area contributed by atoms with Gasteiger partial charge in [-0.3, -0.25) is 14.4 Å². The first-order valence-electron chi connectivity index (χ1n) is 12.0. The smallest absolute Gasteiger partial charge is 0.343 e. The van der Waals surface area contributed by atoms with Crippen molar-refractivity contribution in [3.8, 4) is 5.75 Å². The lowest BCUT2D eigenvalue weighted by Crippen LogP contribution is -2.57. The second kappa shape index (κ2) is 8.78. The SMILES string of the molecule is CC(=O)OCC(=O)[C@@]1(O)[C@H](C)C=C2c3ccc4cc(OC(=O)c5ccccc5)ccc4c3C(=O)C[C@@]21C. The summed E-state index contributed by atoms with van der Waals surface area (Å²) in [4.78, 5) is 50.4. The van der Waals surface area contributed by atoms with Gasteiger partial charge in [-0.15, -0.1) is 0 Å². The summed E-state index contributed by atoms with van der Waals surface area (Å²) in [5.41, 5.74) is -0.757. The van der Waals surface area contributed by atoms with Gasteiger partial charge in [0.25, 0.3) is 0 Å². The Morgan fingerprint density at radius 3 is 2.49 bits per heavy atom. The molecule has 5 rings (SSSR count). The number of ether oxygens (including phenoxy) is 2. The van der Waals surface area contributed by atoms with Gasteiger partial charge >= 0.3 is 11.9 Å². The second-order valence-corrected chi connectivity index (χ2v) is 9.90. The van der Waals surface area contributed by atoms with E-state index in [1.54, 1.807) is 62.4 Å². The number of Topliss-reactive ketones (excluding diaryl/α,β-unsaturated/α-hetero) is 2. The van der Waals surface area contributed by atoms with Crippen LogP contribution in [0.5, 0.6) is 5.75 Å². The predicted molar refractivity (Wildman–Crippen MR) is 136 cm³/mol. The molecule has 7 nitrogen and oxygen atoms in total. The zero-order valence-corrected chi connectivity index (χ0v) is 20.7. The molecule has 0 amide bonds. The number of rotatable bonds is 5. The predicted octanol–water partition coefficient (Wildman–Crippen LogP) is 4.55. The molecule has 0 aliphatic heterocycles. The highest BCUT2D eigenvalue weighted by molar-refractivity contribution is 6.16. The molecule has 0 spiro atoms. The number of benzene rings is 3. The van der Waals surface area contributed by atoms with E-state index in [1.165, 1.54) is 6.92 Å². The fraction of sp³-hybridized carbons (Fsp3) is 0.267. The first-order chi connectivity index (χ1) is 17.6. The highest BCUT2D eigenvalue weighted by atomic mass is 16.5. The minimum Gasteiger partial charge on any atom is -0.458 e. The van der Waals surface area contributed by atoms with Gasteiger partial charge in [-0.2, -0.15) is 0 Å². The number of ketones is 2. The standard InChI is InChI=1S/C30H26O7/c1-17-13-24-23-11-9-20-14-21(37-28(34)19-7-5-4-6-8-19)10-12-22(20)27(23)25(32)15-29(24,3)30(17,35)26(33)16-36-18(2)31/h4-14,17,35H,15-16H2,1-3H3/t17-,29+,30+/m1/s1. The summed E-state index contributed by atoms with van der Waals surface area (Å²) in [7, 11) is 0. The molecular weight excluding hydrogens is 472 g/mol. The van der Waals surface area contributed by atoms with Gasteiger partial charge in [0.1, 0.15) is 11.4 Å². The van der Waals surface area contributed by atoms with E-state index in [9.17, 15) is 24.3 Å². The molecule has 7 heteroatoms. The highest BCUT2D eigenvalue weighted by Crippen LogP contribution is 2.59. The van der Waals surface area contributed by atoms with Crippen molar-refractivity contribution < 1.29 is 33.8 Å². The number of hydrogen-bond donors (Lipinski definition) is 1. The van der Waals surface area contributed by atoms with Crippen LogP contribution in [0.2, 0.25) is 0 Å². The number of esters is 2. The van der Waals surface area contributed by atoms with E-state index in [4.69, 9.17) is 9.47 Å². The minimum absolute atomic E-state index is 0.0810. The first kappa shape index (κ1) is 24.6. The average Bonchev–Trinajstić information content (AvgIpc) is 3.08. The maximum atomic E-state index is 13.6. The third-order valence-electron chi connectivity index (χ3n) is 7.64. The normalized spacial score (nSPS) is 24.2. The van der Waals surface area contributed by atoms with Gasteiger partial charge in [0, 0.05) is 30.2 Å². The topological polar surface area (TPSA) is 107 Å². The van der Waals surface area contributed by atoms with Crippen LogP contribution in [0.25, 0.3) is 16.3 Å². The van der Waals surface area contributed by atoms with Gasteiger partial charge in [0.15, 0.2) is 12.4 Å². The Morgan fingerprint density at radius 1 is 1.05 bits per heavy atom. The number of carbonyl (C=O) groups excluding carboxylic acids is 4. The van der Waals surface area contributed by atoms with Gasteiger partial charge in [-0.1, -0.05) is 50.3 Å². The fourth-order valence-corrected chi connectivity index (χ4v) is 5.76. The van der Waals surface area contributed by atoms with Gasteiger partial charge in [-0.05, 0) is 52.2 Å². The Morgan fingerprint density at radius 2 is 1.78 bits per heavy atom. The number of fused-ring (bicyclic) bond motifs is 5. The summed E-state index contributed by atoms with van der Waals surface area (Å²) in [6, 6.07) is 17.4. The van der Waals surface area contributed by atoms with E-state index in [0.717, 1.165) is 11.0 Å². The monoisotopic (exact) mass is 498 g/mol. The lowest BCUT2D eigenvalue weighted by molar-refractivity contribution is -0.161. The molecule has 0 saturated heterocycles. The summed E-state index contributed by atoms with van der Waals surface area (Å²) in [6.45, 7) is 4.07. The number of carbonyl (C=O) groups is 4. The molecule has 37 heavy (non-hydrogen) atoms. The number of hydrogen-bond acceptors (Lipinski definition) is 7. The molecule has 0 unspecified atom stereocenters. The van der Waals surface area contributed by atoms with E-state index in [1.807, 2.05) is 18.2 Å². The molecule has 0 radical (unpaired) electrons. The van der Waals surface area contributed by atoms with Crippen LogP contribution in [-0.4, -0.2) is 40.8 Å². The van der Waals surface area contributed by atoms with Crippen molar-refractivity contribution in [1.29, 1.82) is 0 Å². The maximum Gasteiger partial charge on any atom is 0.343 e. The molecule has 3 aromatic rings. The van der Waals surface area contributed by atoms with Crippen molar-refractivity contribution in [2.45, 2.75) is 32.8 Å². The Bertz CT molecular complexity index is 1500. The highest BCUT2D eigenvalue weighted by Gasteiger charge is 2.63. The molecule has 2 aliphatic carbocycles. The van der Waals surface area contributed by atoms with Gasteiger partial charge in [0.05, 0.1) is 5.56 Å². The lowest BCUT2D eigenvalue weighted by Gasteiger charge is -2.45. The Hall–Kier alpha value is -4.10. The van der Waals surface area contributed by atoms with E-state index in [0.29, 0.717) is 27.8 Å². The molecule has 2 aliphatic rings.